The number of hydrogen-bond donors (Lipinski definition) is 1. The van der Waals surface area contributed by atoms with Gasteiger partial charge in [0.2, 0.25) is 5.91 Å². The lowest BCUT2D eigenvalue weighted by Crippen LogP contribution is -2.32. The maximum absolute atomic E-state index is 13.3. The van der Waals surface area contributed by atoms with Gasteiger partial charge in [-0.25, -0.2) is 9.18 Å². The van der Waals surface area contributed by atoms with Gasteiger partial charge in [0.25, 0.3) is 0 Å². The molecule has 0 saturated carbocycles. The average molecular weight is 441 g/mol. The van der Waals surface area contributed by atoms with E-state index >= 15 is 0 Å². The van der Waals surface area contributed by atoms with Gasteiger partial charge in [-0.05, 0) is 29.8 Å². The van der Waals surface area contributed by atoms with Crippen molar-refractivity contribution in [3.63, 3.8) is 0 Å². The molecule has 4 rings (SSSR count). The largest absolute Gasteiger partial charge is 0.490 e. The minimum atomic E-state index is -5.08. The fourth-order valence-electron chi connectivity index (χ4n) is 4.05. The SMILES string of the molecule is Cn1cccc1CN1C[C@H]2CN(Cc3cccc(F)c3)C(=O)[C@H]2C1.O=C(O)C(F)(F)F. The maximum atomic E-state index is 13.3. The summed E-state index contributed by atoms with van der Waals surface area (Å²) in [6.07, 6.45) is -3.03. The molecule has 2 fully saturated rings. The predicted octanol–water partition coefficient (Wildman–Crippen LogP) is 2.89. The normalized spacial score (nSPS) is 21.1. The first-order valence-corrected chi connectivity index (χ1v) is 9.70. The fraction of sp³-hybridized carbons (Fsp3) is 0.429. The summed E-state index contributed by atoms with van der Waals surface area (Å²) in [6.45, 7) is 3.98. The first-order chi connectivity index (χ1) is 14.5. The van der Waals surface area contributed by atoms with Crippen LogP contribution in [0.1, 0.15) is 11.3 Å². The smallest absolute Gasteiger partial charge is 0.475 e. The van der Waals surface area contributed by atoms with Crippen molar-refractivity contribution < 1.29 is 32.3 Å². The second-order valence-electron chi connectivity index (χ2n) is 7.82. The first-order valence-electron chi connectivity index (χ1n) is 9.70. The maximum Gasteiger partial charge on any atom is 0.490 e. The summed E-state index contributed by atoms with van der Waals surface area (Å²) in [6, 6.07) is 10.7. The third-order valence-electron chi connectivity index (χ3n) is 5.54. The summed E-state index contributed by atoms with van der Waals surface area (Å²) in [5, 5.41) is 7.12. The van der Waals surface area contributed by atoms with E-state index in [9.17, 15) is 22.4 Å². The molecule has 0 unspecified atom stereocenters. The molecule has 2 aromatic rings. The van der Waals surface area contributed by atoms with Crippen molar-refractivity contribution in [1.82, 2.24) is 14.4 Å². The summed E-state index contributed by atoms with van der Waals surface area (Å²) < 4.78 is 47.2. The number of amides is 1. The van der Waals surface area contributed by atoms with Gasteiger partial charge >= 0.3 is 12.1 Å². The zero-order chi connectivity index (χ0) is 22.8. The number of halogens is 4. The van der Waals surface area contributed by atoms with Crippen LogP contribution in [0.4, 0.5) is 17.6 Å². The van der Waals surface area contributed by atoms with Gasteiger partial charge in [-0.3, -0.25) is 9.69 Å². The Labute approximate surface area is 176 Å². The lowest BCUT2D eigenvalue weighted by molar-refractivity contribution is -0.192. The number of carboxylic acids is 1. The van der Waals surface area contributed by atoms with Crippen LogP contribution in [0.2, 0.25) is 0 Å². The minimum Gasteiger partial charge on any atom is -0.475 e. The monoisotopic (exact) mass is 441 g/mol. The second-order valence-corrected chi connectivity index (χ2v) is 7.82. The number of benzene rings is 1. The number of hydrogen-bond acceptors (Lipinski definition) is 3. The van der Waals surface area contributed by atoms with Gasteiger partial charge in [-0.2, -0.15) is 13.2 Å². The zero-order valence-electron chi connectivity index (χ0n) is 16.8. The molecule has 168 valence electrons. The molecule has 1 amide bonds. The van der Waals surface area contributed by atoms with E-state index in [2.05, 4.69) is 34.8 Å². The van der Waals surface area contributed by atoms with Crippen LogP contribution in [-0.2, 0) is 29.7 Å². The van der Waals surface area contributed by atoms with E-state index in [0.717, 1.165) is 31.7 Å². The van der Waals surface area contributed by atoms with E-state index in [-0.39, 0.29) is 17.6 Å². The molecular formula is C21H23F4N3O3. The number of aliphatic carboxylic acids is 1. The highest BCUT2D eigenvalue weighted by molar-refractivity contribution is 5.82. The van der Waals surface area contributed by atoms with Crippen LogP contribution < -0.4 is 0 Å². The van der Waals surface area contributed by atoms with Crippen molar-refractivity contribution in [3.05, 3.63) is 59.7 Å². The molecule has 2 aliphatic rings. The second kappa shape index (κ2) is 9.09. The zero-order valence-corrected chi connectivity index (χ0v) is 16.8. The molecule has 2 aliphatic heterocycles. The quantitative estimate of drug-likeness (QED) is 0.742. The molecule has 1 aromatic heterocycles. The highest BCUT2D eigenvalue weighted by Gasteiger charge is 2.46. The van der Waals surface area contributed by atoms with Gasteiger partial charge < -0.3 is 14.6 Å². The number of carboxylic acid groups (broad SMARTS) is 1. The Morgan fingerprint density at radius 1 is 1.13 bits per heavy atom. The Balaban J connectivity index is 0.000000339. The number of nitrogens with zero attached hydrogens (tertiary/aromatic N) is 3. The predicted molar refractivity (Wildman–Crippen MR) is 103 cm³/mol. The van der Waals surface area contributed by atoms with Crippen molar-refractivity contribution in [2.45, 2.75) is 19.3 Å². The summed E-state index contributed by atoms with van der Waals surface area (Å²) in [5.41, 5.74) is 2.14. The Hall–Kier alpha value is -2.88. The Bertz CT molecular complexity index is 944. The molecule has 0 aliphatic carbocycles. The fourth-order valence-corrected chi connectivity index (χ4v) is 4.05. The van der Waals surface area contributed by atoms with Crippen molar-refractivity contribution >= 4 is 11.9 Å². The lowest BCUT2D eigenvalue weighted by Gasteiger charge is -2.22. The van der Waals surface area contributed by atoms with Gasteiger partial charge in [0.05, 0.1) is 5.92 Å². The van der Waals surface area contributed by atoms with Gasteiger partial charge in [-0.15, -0.1) is 0 Å². The standard InChI is InChI=1S/C19H22FN3O.C2HF3O2/c1-21-7-3-6-17(21)12-22-10-15-11-23(19(24)18(15)13-22)9-14-4-2-5-16(20)8-14;3-2(4,5)1(6)7/h2-8,15,18H,9-13H2,1H3;(H,6,7)/t15-,18-;/m0./s1. The Morgan fingerprint density at radius 2 is 1.84 bits per heavy atom. The number of likely N-dealkylation sites (tertiary alicyclic amines) is 2. The van der Waals surface area contributed by atoms with Crippen LogP contribution in [-0.4, -0.2) is 57.2 Å². The Morgan fingerprint density at radius 3 is 2.39 bits per heavy atom. The van der Waals surface area contributed by atoms with Gasteiger partial charge in [0.15, 0.2) is 0 Å². The highest BCUT2D eigenvalue weighted by atomic mass is 19.4. The molecule has 1 N–H and O–H groups in total. The number of alkyl halides is 3. The molecule has 1 aromatic carbocycles. The van der Waals surface area contributed by atoms with Crippen LogP contribution >= 0.6 is 0 Å². The number of aryl methyl sites for hydroxylation is 1. The molecule has 10 heteroatoms. The molecule has 2 atom stereocenters. The van der Waals surface area contributed by atoms with E-state index in [1.54, 1.807) is 6.07 Å². The molecule has 2 saturated heterocycles. The number of carbonyl (C=O) groups is 2. The number of aromatic nitrogens is 1. The van der Waals surface area contributed by atoms with Crippen molar-refractivity contribution in [2.24, 2.45) is 18.9 Å². The first kappa shape index (κ1) is 22.8. The third kappa shape index (κ3) is 5.63. The van der Waals surface area contributed by atoms with E-state index in [1.165, 1.54) is 17.8 Å². The number of fused-ring (bicyclic) bond motifs is 1. The summed E-state index contributed by atoms with van der Waals surface area (Å²) in [7, 11) is 2.05. The summed E-state index contributed by atoms with van der Waals surface area (Å²) in [4.78, 5) is 25.9. The highest BCUT2D eigenvalue weighted by Crippen LogP contribution is 2.33. The third-order valence-corrected chi connectivity index (χ3v) is 5.54. The lowest BCUT2D eigenvalue weighted by atomic mass is 10.0. The van der Waals surface area contributed by atoms with Gasteiger partial charge in [0, 0.05) is 57.6 Å². The van der Waals surface area contributed by atoms with Crippen LogP contribution in [0.3, 0.4) is 0 Å². The molecule has 31 heavy (non-hydrogen) atoms. The topological polar surface area (TPSA) is 65.8 Å². The van der Waals surface area contributed by atoms with Gasteiger partial charge in [0.1, 0.15) is 5.82 Å². The van der Waals surface area contributed by atoms with E-state index in [1.807, 2.05) is 11.0 Å². The van der Waals surface area contributed by atoms with Crippen LogP contribution in [0, 0.1) is 17.7 Å². The molecule has 6 nitrogen and oxygen atoms in total. The van der Waals surface area contributed by atoms with Crippen molar-refractivity contribution in [1.29, 1.82) is 0 Å². The van der Waals surface area contributed by atoms with Crippen molar-refractivity contribution in [2.75, 3.05) is 19.6 Å². The Kier molecular flexibility index (Phi) is 6.68. The average Bonchev–Trinajstić information content (AvgIpc) is 3.33. The molecular weight excluding hydrogens is 418 g/mol. The number of carbonyl (C=O) groups excluding carboxylic acids is 1. The molecule has 0 radical (unpaired) electrons. The summed E-state index contributed by atoms with van der Waals surface area (Å²) in [5.74, 6) is -2.29. The van der Waals surface area contributed by atoms with Crippen LogP contribution in [0.25, 0.3) is 0 Å². The van der Waals surface area contributed by atoms with Crippen molar-refractivity contribution in [3.8, 4) is 0 Å². The van der Waals surface area contributed by atoms with Crippen LogP contribution in [0.5, 0.6) is 0 Å². The number of rotatable bonds is 4. The molecule has 0 bridgehead atoms. The van der Waals surface area contributed by atoms with E-state index < -0.39 is 12.1 Å². The summed E-state index contributed by atoms with van der Waals surface area (Å²) >= 11 is 0. The van der Waals surface area contributed by atoms with Gasteiger partial charge in [-0.1, -0.05) is 12.1 Å². The van der Waals surface area contributed by atoms with Crippen LogP contribution in [0.15, 0.2) is 42.6 Å². The molecule has 0 spiro atoms. The minimum absolute atomic E-state index is 0.0961. The molecule has 3 heterocycles. The van der Waals surface area contributed by atoms with E-state index in [0.29, 0.717) is 12.5 Å². The van der Waals surface area contributed by atoms with E-state index in [4.69, 9.17) is 9.90 Å².